The number of hydrogen-bond acceptors (Lipinski definition) is 2. The molecule has 2 aliphatic carbocycles. The zero-order valence-electron chi connectivity index (χ0n) is 13.5. The summed E-state index contributed by atoms with van der Waals surface area (Å²) in [6.07, 6.45) is 7.31. The fraction of sp³-hybridized carbons (Fsp3) is 0.684. The molecule has 2 unspecified atom stereocenters. The molecule has 0 heterocycles. The van der Waals surface area contributed by atoms with Crippen molar-refractivity contribution in [3.8, 4) is 0 Å². The van der Waals surface area contributed by atoms with Gasteiger partial charge in [-0.25, -0.2) is 0 Å². The molecule has 1 saturated carbocycles. The van der Waals surface area contributed by atoms with E-state index in [2.05, 4.69) is 43.0 Å². The van der Waals surface area contributed by atoms with Crippen LogP contribution in [0.2, 0.25) is 0 Å². The van der Waals surface area contributed by atoms with Gasteiger partial charge in [-0.1, -0.05) is 51.0 Å². The SMILES string of the molecule is CC(C)CCN(C1CCCC1)C1Cc2ccccc2C1O. The van der Waals surface area contributed by atoms with Crippen molar-refractivity contribution >= 4 is 0 Å². The molecule has 0 saturated heterocycles. The summed E-state index contributed by atoms with van der Waals surface area (Å²) in [4.78, 5) is 2.65. The molecule has 2 aliphatic rings. The molecule has 0 amide bonds. The maximum atomic E-state index is 10.8. The van der Waals surface area contributed by atoms with Gasteiger partial charge in [0.1, 0.15) is 0 Å². The van der Waals surface area contributed by atoms with Crippen LogP contribution < -0.4 is 0 Å². The summed E-state index contributed by atoms with van der Waals surface area (Å²) in [6, 6.07) is 9.44. The Morgan fingerprint density at radius 1 is 1.19 bits per heavy atom. The zero-order chi connectivity index (χ0) is 14.8. The Kier molecular flexibility index (Phi) is 4.66. The van der Waals surface area contributed by atoms with E-state index < -0.39 is 0 Å². The van der Waals surface area contributed by atoms with Gasteiger partial charge in [-0.3, -0.25) is 4.90 Å². The minimum atomic E-state index is -0.297. The van der Waals surface area contributed by atoms with Gasteiger partial charge in [0.25, 0.3) is 0 Å². The van der Waals surface area contributed by atoms with Crippen LogP contribution in [0, 0.1) is 5.92 Å². The minimum Gasteiger partial charge on any atom is -0.387 e. The van der Waals surface area contributed by atoms with Gasteiger partial charge in [0.05, 0.1) is 6.10 Å². The van der Waals surface area contributed by atoms with Crippen LogP contribution in [0.15, 0.2) is 24.3 Å². The Bertz CT molecular complexity index is 464. The third-order valence-electron chi connectivity index (χ3n) is 5.35. The van der Waals surface area contributed by atoms with E-state index in [1.807, 2.05) is 0 Å². The number of fused-ring (bicyclic) bond motifs is 1. The van der Waals surface area contributed by atoms with E-state index in [4.69, 9.17) is 0 Å². The molecule has 2 atom stereocenters. The highest BCUT2D eigenvalue weighted by molar-refractivity contribution is 5.36. The minimum absolute atomic E-state index is 0.296. The van der Waals surface area contributed by atoms with Crippen molar-refractivity contribution in [3.63, 3.8) is 0 Å². The second kappa shape index (κ2) is 6.50. The quantitative estimate of drug-likeness (QED) is 0.887. The van der Waals surface area contributed by atoms with Gasteiger partial charge in [-0.15, -0.1) is 0 Å². The van der Waals surface area contributed by atoms with Gasteiger partial charge < -0.3 is 5.11 Å². The third kappa shape index (κ3) is 3.17. The zero-order valence-corrected chi connectivity index (χ0v) is 13.5. The number of hydrogen-bond donors (Lipinski definition) is 1. The number of nitrogens with zero attached hydrogens (tertiary/aromatic N) is 1. The van der Waals surface area contributed by atoms with Crippen LogP contribution in [0.1, 0.15) is 63.2 Å². The first-order valence-corrected chi connectivity index (χ1v) is 8.68. The molecule has 1 fully saturated rings. The van der Waals surface area contributed by atoms with Crippen molar-refractivity contribution in [1.82, 2.24) is 4.90 Å². The average Bonchev–Trinajstić information content (AvgIpc) is 3.09. The molecule has 0 aromatic heterocycles. The molecular formula is C19H29NO. The fourth-order valence-electron chi connectivity index (χ4n) is 4.11. The summed E-state index contributed by atoms with van der Waals surface area (Å²) in [7, 11) is 0. The molecule has 21 heavy (non-hydrogen) atoms. The highest BCUT2D eigenvalue weighted by Crippen LogP contribution is 2.37. The summed E-state index contributed by atoms with van der Waals surface area (Å²) in [5.41, 5.74) is 2.51. The maximum absolute atomic E-state index is 10.8. The van der Waals surface area contributed by atoms with Gasteiger partial charge in [0.2, 0.25) is 0 Å². The van der Waals surface area contributed by atoms with Gasteiger partial charge in [-0.2, -0.15) is 0 Å². The molecule has 1 aromatic carbocycles. The summed E-state index contributed by atoms with van der Waals surface area (Å²) >= 11 is 0. The molecule has 1 aromatic rings. The van der Waals surface area contributed by atoms with Crippen LogP contribution in [0.3, 0.4) is 0 Å². The highest BCUT2D eigenvalue weighted by Gasteiger charge is 2.38. The van der Waals surface area contributed by atoms with E-state index in [1.54, 1.807) is 0 Å². The molecule has 0 radical (unpaired) electrons. The second-order valence-corrected chi connectivity index (χ2v) is 7.27. The summed E-state index contributed by atoms with van der Waals surface area (Å²) in [5.74, 6) is 0.731. The van der Waals surface area contributed by atoms with E-state index in [9.17, 15) is 5.11 Å². The largest absolute Gasteiger partial charge is 0.387 e. The fourth-order valence-corrected chi connectivity index (χ4v) is 4.11. The lowest BCUT2D eigenvalue weighted by atomic mass is 10.0. The molecular weight excluding hydrogens is 258 g/mol. The molecule has 116 valence electrons. The van der Waals surface area contributed by atoms with Gasteiger partial charge in [0.15, 0.2) is 0 Å². The van der Waals surface area contributed by atoms with Crippen molar-refractivity contribution in [2.24, 2.45) is 5.92 Å². The van der Waals surface area contributed by atoms with Crippen molar-refractivity contribution in [3.05, 3.63) is 35.4 Å². The van der Waals surface area contributed by atoms with Crippen molar-refractivity contribution in [1.29, 1.82) is 0 Å². The molecule has 1 N–H and O–H groups in total. The molecule has 3 rings (SSSR count). The number of rotatable bonds is 5. The summed E-state index contributed by atoms with van der Waals surface area (Å²) < 4.78 is 0. The lowest BCUT2D eigenvalue weighted by Gasteiger charge is -2.36. The first kappa shape index (κ1) is 15.1. The Labute approximate surface area is 129 Å². The third-order valence-corrected chi connectivity index (χ3v) is 5.35. The number of aliphatic hydroxyl groups is 1. The first-order chi connectivity index (χ1) is 10.2. The van der Waals surface area contributed by atoms with E-state index in [0.29, 0.717) is 12.1 Å². The Morgan fingerprint density at radius 2 is 1.90 bits per heavy atom. The maximum Gasteiger partial charge on any atom is 0.0951 e. The number of benzene rings is 1. The summed E-state index contributed by atoms with van der Waals surface area (Å²) in [6.45, 7) is 5.73. The molecule has 2 nitrogen and oxygen atoms in total. The Hall–Kier alpha value is -0.860. The van der Waals surface area contributed by atoms with Crippen molar-refractivity contribution in [2.45, 2.75) is 70.6 Å². The van der Waals surface area contributed by atoms with Crippen LogP contribution in [0.25, 0.3) is 0 Å². The normalized spacial score (nSPS) is 26.0. The van der Waals surface area contributed by atoms with Crippen LogP contribution >= 0.6 is 0 Å². The standard InChI is InChI=1S/C19H29NO/c1-14(2)11-12-20(16-8-4-5-9-16)18-13-15-7-3-6-10-17(15)19(18)21/h3,6-7,10,14,16,18-19,21H,4-5,8-9,11-13H2,1-2H3. The molecule has 2 heteroatoms. The predicted molar refractivity (Wildman–Crippen MR) is 87.3 cm³/mol. The summed E-state index contributed by atoms with van der Waals surface area (Å²) in [5, 5.41) is 10.8. The van der Waals surface area contributed by atoms with Crippen molar-refractivity contribution < 1.29 is 5.11 Å². The van der Waals surface area contributed by atoms with Gasteiger partial charge in [0, 0.05) is 12.1 Å². The van der Waals surface area contributed by atoms with Crippen LogP contribution in [0.4, 0.5) is 0 Å². The topological polar surface area (TPSA) is 23.5 Å². The van der Waals surface area contributed by atoms with E-state index in [0.717, 1.165) is 24.4 Å². The highest BCUT2D eigenvalue weighted by atomic mass is 16.3. The van der Waals surface area contributed by atoms with Crippen molar-refractivity contribution in [2.75, 3.05) is 6.54 Å². The number of aliphatic hydroxyl groups excluding tert-OH is 1. The monoisotopic (exact) mass is 287 g/mol. The van der Waals surface area contributed by atoms with Crippen LogP contribution in [0.5, 0.6) is 0 Å². The van der Waals surface area contributed by atoms with E-state index in [1.165, 1.54) is 37.7 Å². The van der Waals surface area contributed by atoms with Crippen LogP contribution in [-0.2, 0) is 6.42 Å². The lowest BCUT2D eigenvalue weighted by molar-refractivity contribution is 0.0319. The Balaban J connectivity index is 1.77. The Morgan fingerprint density at radius 3 is 2.57 bits per heavy atom. The molecule has 0 aliphatic heterocycles. The smallest absolute Gasteiger partial charge is 0.0951 e. The van der Waals surface area contributed by atoms with Gasteiger partial charge in [-0.05, 0) is 49.3 Å². The van der Waals surface area contributed by atoms with E-state index in [-0.39, 0.29) is 6.10 Å². The first-order valence-electron chi connectivity index (χ1n) is 8.68. The van der Waals surface area contributed by atoms with Crippen LogP contribution in [-0.4, -0.2) is 28.6 Å². The predicted octanol–water partition coefficient (Wildman–Crippen LogP) is 3.94. The average molecular weight is 287 g/mol. The van der Waals surface area contributed by atoms with E-state index >= 15 is 0 Å². The molecule has 0 spiro atoms. The molecule has 0 bridgehead atoms. The van der Waals surface area contributed by atoms with Gasteiger partial charge >= 0.3 is 0 Å². The lowest BCUT2D eigenvalue weighted by Crippen LogP contribution is -2.45. The second-order valence-electron chi connectivity index (χ2n) is 7.27.